The van der Waals surface area contributed by atoms with Crippen molar-refractivity contribution in [1.29, 1.82) is 0 Å². The van der Waals surface area contributed by atoms with Crippen molar-refractivity contribution in [1.82, 2.24) is 19.9 Å². The summed E-state index contributed by atoms with van der Waals surface area (Å²) in [5, 5.41) is 20.8. The van der Waals surface area contributed by atoms with Gasteiger partial charge in [0.2, 0.25) is 5.91 Å². The van der Waals surface area contributed by atoms with Crippen LogP contribution in [0.5, 0.6) is 0 Å². The zero-order valence-electron chi connectivity index (χ0n) is 14.1. The number of carbonyl (C=O) groups excluding carboxylic acids is 1. The molecule has 2 N–H and O–H groups in total. The molecule has 1 unspecified atom stereocenters. The summed E-state index contributed by atoms with van der Waals surface area (Å²) in [6.07, 6.45) is 6.61. The number of carbonyl (C=O) groups is 2. The number of nitrogens with zero attached hydrogens (tertiary/aromatic N) is 3. The van der Waals surface area contributed by atoms with Crippen LogP contribution in [0.2, 0.25) is 0 Å². The Morgan fingerprint density at radius 2 is 2.20 bits per heavy atom. The van der Waals surface area contributed by atoms with Crippen LogP contribution in [0.15, 0.2) is 24.4 Å². The molecule has 25 heavy (non-hydrogen) atoms. The largest absolute Gasteiger partial charge is 0.481 e. The second-order valence-corrected chi connectivity index (χ2v) is 7.49. The summed E-state index contributed by atoms with van der Waals surface area (Å²) in [5.74, 6) is 0.427. The standard InChI is InChI=1S/C17H22N4O3S/c1-25-10-6-12(15-20-19-13-5-2-3-9-21(13)15)18-14(22)11-17(16(23)24)7-4-8-17/h2-3,5,9,12H,4,6-8,10-11H2,1H3,(H,18,22)(H,23,24). The molecule has 1 atom stereocenters. The molecule has 2 aromatic rings. The number of rotatable bonds is 8. The number of aliphatic carboxylic acids is 1. The molecule has 1 fully saturated rings. The molecule has 0 aromatic carbocycles. The van der Waals surface area contributed by atoms with E-state index in [-0.39, 0.29) is 18.4 Å². The zero-order valence-corrected chi connectivity index (χ0v) is 15.0. The minimum Gasteiger partial charge on any atom is -0.481 e. The van der Waals surface area contributed by atoms with Gasteiger partial charge in [0.15, 0.2) is 11.5 Å². The number of thioether (sulfide) groups is 1. The summed E-state index contributed by atoms with van der Waals surface area (Å²) < 4.78 is 1.86. The van der Waals surface area contributed by atoms with Gasteiger partial charge in [-0.1, -0.05) is 12.5 Å². The van der Waals surface area contributed by atoms with Crippen LogP contribution in [0.1, 0.15) is 44.0 Å². The van der Waals surface area contributed by atoms with Crippen LogP contribution in [0.4, 0.5) is 0 Å². The van der Waals surface area contributed by atoms with Crippen LogP contribution in [-0.4, -0.2) is 43.6 Å². The van der Waals surface area contributed by atoms with Crippen LogP contribution in [0.25, 0.3) is 5.65 Å². The lowest BCUT2D eigenvalue weighted by atomic mass is 9.66. The Hall–Kier alpha value is -2.09. The Kier molecular flexibility index (Phi) is 5.27. The van der Waals surface area contributed by atoms with Crippen LogP contribution in [-0.2, 0) is 9.59 Å². The smallest absolute Gasteiger partial charge is 0.310 e. The average molecular weight is 362 g/mol. The summed E-state index contributed by atoms with van der Waals surface area (Å²) in [6.45, 7) is 0. The van der Waals surface area contributed by atoms with E-state index >= 15 is 0 Å². The lowest BCUT2D eigenvalue weighted by molar-refractivity contribution is -0.157. The predicted octanol–water partition coefficient (Wildman–Crippen LogP) is 2.28. The van der Waals surface area contributed by atoms with E-state index in [9.17, 15) is 14.7 Å². The quantitative estimate of drug-likeness (QED) is 0.748. The predicted molar refractivity (Wildman–Crippen MR) is 95.4 cm³/mol. The highest BCUT2D eigenvalue weighted by Crippen LogP contribution is 2.44. The van der Waals surface area contributed by atoms with Crippen molar-refractivity contribution in [2.24, 2.45) is 5.41 Å². The van der Waals surface area contributed by atoms with Crippen LogP contribution in [0, 0.1) is 5.41 Å². The van der Waals surface area contributed by atoms with Gasteiger partial charge in [-0.05, 0) is 43.4 Å². The van der Waals surface area contributed by atoms with Crippen molar-refractivity contribution < 1.29 is 14.7 Å². The van der Waals surface area contributed by atoms with Crippen LogP contribution >= 0.6 is 11.8 Å². The molecule has 1 amide bonds. The fraction of sp³-hybridized carbons (Fsp3) is 0.529. The first-order valence-electron chi connectivity index (χ1n) is 8.37. The number of carboxylic acid groups (broad SMARTS) is 1. The summed E-state index contributed by atoms with van der Waals surface area (Å²) in [5.41, 5.74) is -0.164. The summed E-state index contributed by atoms with van der Waals surface area (Å²) in [7, 11) is 0. The first kappa shape index (κ1) is 17.7. The van der Waals surface area contributed by atoms with Gasteiger partial charge in [0, 0.05) is 12.6 Å². The fourth-order valence-electron chi connectivity index (χ4n) is 3.22. The molecule has 0 spiro atoms. The highest BCUT2D eigenvalue weighted by Gasteiger charge is 2.46. The minimum absolute atomic E-state index is 0.0227. The maximum Gasteiger partial charge on any atom is 0.310 e. The molecule has 1 aliphatic rings. The maximum absolute atomic E-state index is 12.5. The molecule has 0 bridgehead atoms. The normalized spacial score (nSPS) is 17.0. The van der Waals surface area contributed by atoms with Crippen molar-refractivity contribution >= 4 is 29.3 Å². The van der Waals surface area contributed by atoms with Crippen molar-refractivity contribution in [3.05, 3.63) is 30.2 Å². The van der Waals surface area contributed by atoms with Gasteiger partial charge in [-0.15, -0.1) is 10.2 Å². The Morgan fingerprint density at radius 1 is 1.40 bits per heavy atom. The molecule has 1 saturated carbocycles. The molecule has 0 saturated heterocycles. The van der Waals surface area contributed by atoms with Crippen molar-refractivity contribution in [3.8, 4) is 0 Å². The van der Waals surface area contributed by atoms with E-state index in [0.29, 0.717) is 25.1 Å². The van der Waals surface area contributed by atoms with Crippen molar-refractivity contribution in [2.75, 3.05) is 12.0 Å². The molecule has 0 aliphatic heterocycles. The number of fused-ring (bicyclic) bond motifs is 1. The first-order valence-corrected chi connectivity index (χ1v) is 9.76. The van der Waals surface area contributed by atoms with Gasteiger partial charge in [0.1, 0.15) is 0 Å². The van der Waals surface area contributed by atoms with Gasteiger partial charge in [-0.2, -0.15) is 11.8 Å². The number of hydrogen-bond donors (Lipinski definition) is 2. The van der Waals surface area contributed by atoms with E-state index in [1.54, 1.807) is 11.8 Å². The second kappa shape index (κ2) is 7.43. The Bertz CT molecular complexity index is 772. The van der Waals surface area contributed by atoms with Gasteiger partial charge >= 0.3 is 5.97 Å². The van der Waals surface area contributed by atoms with Gasteiger partial charge < -0.3 is 10.4 Å². The maximum atomic E-state index is 12.5. The fourth-order valence-corrected chi connectivity index (χ4v) is 3.69. The van der Waals surface area contributed by atoms with Gasteiger partial charge in [-0.25, -0.2) is 0 Å². The topological polar surface area (TPSA) is 96.6 Å². The second-order valence-electron chi connectivity index (χ2n) is 6.50. The van der Waals surface area contributed by atoms with Crippen molar-refractivity contribution in [2.45, 2.75) is 38.1 Å². The summed E-state index contributed by atoms with van der Waals surface area (Å²) in [6, 6.07) is 5.35. The van der Waals surface area contributed by atoms with E-state index in [1.807, 2.05) is 35.1 Å². The van der Waals surface area contributed by atoms with Gasteiger partial charge in [0.25, 0.3) is 0 Å². The van der Waals surface area contributed by atoms with Crippen LogP contribution in [0.3, 0.4) is 0 Å². The number of nitrogens with one attached hydrogen (secondary N) is 1. The van der Waals surface area contributed by atoms with E-state index in [0.717, 1.165) is 17.8 Å². The third-order valence-corrected chi connectivity index (χ3v) is 5.50. The molecular formula is C17H22N4O3S. The van der Waals surface area contributed by atoms with E-state index in [2.05, 4.69) is 15.5 Å². The summed E-state index contributed by atoms with van der Waals surface area (Å²) >= 11 is 1.69. The highest BCUT2D eigenvalue weighted by atomic mass is 32.2. The molecule has 7 nitrogen and oxygen atoms in total. The molecular weight excluding hydrogens is 340 g/mol. The Labute approximate surface area is 150 Å². The van der Waals surface area contributed by atoms with Crippen LogP contribution < -0.4 is 5.32 Å². The number of carboxylic acids is 1. The van der Waals surface area contributed by atoms with E-state index in [4.69, 9.17) is 0 Å². The van der Waals surface area contributed by atoms with Gasteiger partial charge in [-0.3, -0.25) is 14.0 Å². The van der Waals surface area contributed by atoms with E-state index in [1.165, 1.54) is 0 Å². The molecule has 3 rings (SSSR count). The lowest BCUT2D eigenvalue weighted by Crippen LogP contribution is -2.43. The third-order valence-electron chi connectivity index (χ3n) is 4.86. The number of hydrogen-bond acceptors (Lipinski definition) is 5. The monoisotopic (exact) mass is 362 g/mol. The summed E-state index contributed by atoms with van der Waals surface area (Å²) in [4.78, 5) is 24.0. The Morgan fingerprint density at radius 3 is 2.84 bits per heavy atom. The molecule has 0 radical (unpaired) electrons. The highest BCUT2D eigenvalue weighted by molar-refractivity contribution is 7.98. The zero-order chi connectivity index (χ0) is 17.9. The SMILES string of the molecule is CSCCC(NC(=O)CC1(C(=O)O)CCC1)c1nnc2ccccn12. The van der Waals surface area contributed by atoms with Gasteiger partial charge in [0.05, 0.1) is 11.5 Å². The third kappa shape index (κ3) is 3.63. The molecule has 8 heteroatoms. The number of amides is 1. The molecule has 2 heterocycles. The lowest BCUT2D eigenvalue weighted by Gasteiger charge is -2.37. The molecule has 2 aromatic heterocycles. The van der Waals surface area contributed by atoms with Crippen molar-refractivity contribution in [3.63, 3.8) is 0 Å². The number of pyridine rings is 1. The first-order chi connectivity index (χ1) is 12.1. The molecule has 1 aliphatic carbocycles. The molecule has 134 valence electrons. The Balaban J connectivity index is 1.77. The number of aromatic nitrogens is 3. The van der Waals surface area contributed by atoms with E-state index < -0.39 is 11.4 Å². The minimum atomic E-state index is -0.888. The average Bonchev–Trinajstić information content (AvgIpc) is 2.98.